The minimum absolute atomic E-state index is 0.0808. The quantitative estimate of drug-likeness (QED) is 0.778. The molecular weight excluding hydrogens is 376 g/mol. The van der Waals surface area contributed by atoms with Crippen LogP contribution in [0.4, 0.5) is 0 Å². The van der Waals surface area contributed by atoms with Crippen molar-refractivity contribution in [3.05, 3.63) is 35.9 Å². The van der Waals surface area contributed by atoms with Crippen LogP contribution in [0.15, 0.2) is 30.3 Å². The summed E-state index contributed by atoms with van der Waals surface area (Å²) in [5.41, 5.74) is 0.966. The molecule has 1 N–H and O–H groups in total. The lowest BCUT2D eigenvalue weighted by molar-refractivity contribution is 0.0480. The Morgan fingerprint density at radius 1 is 1.14 bits per heavy atom. The highest BCUT2D eigenvalue weighted by Crippen LogP contribution is 2.43. The van der Waals surface area contributed by atoms with Crippen molar-refractivity contribution in [3.63, 3.8) is 0 Å². The first-order valence-electron chi connectivity index (χ1n) is 10.5. The Morgan fingerprint density at radius 3 is 2.61 bits per heavy atom. The number of aliphatic hydroxyl groups excluding tert-OH is 1. The van der Waals surface area contributed by atoms with Crippen molar-refractivity contribution < 1.29 is 18.3 Å². The second-order valence-corrected chi connectivity index (χ2v) is 10.7. The van der Waals surface area contributed by atoms with Gasteiger partial charge >= 0.3 is 0 Å². The van der Waals surface area contributed by atoms with Gasteiger partial charge in [-0.15, -0.1) is 0 Å². The molecule has 3 heterocycles. The number of ether oxygens (including phenoxy) is 1. The predicted octanol–water partition coefficient (Wildman–Crippen LogP) is 1.84. The van der Waals surface area contributed by atoms with E-state index in [1.807, 2.05) is 30.3 Å². The smallest absolute Gasteiger partial charge is 0.218 e. The zero-order valence-corrected chi connectivity index (χ0v) is 17.3. The lowest BCUT2D eigenvalue weighted by Gasteiger charge is -2.38. The van der Waals surface area contributed by atoms with Crippen LogP contribution in [0, 0.1) is 5.41 Å². The molecule has 156 valence electrons. The number of likely N-dealkylation sites (tertiary alicyclic amines) is 1. The average molecular weight is 409 g/mol. The van der Waals surface area contributed by atoms with Crippen molar-refractivity contribution in [1.82, 2.24) is 9.21 Å². The molecule has 0 aromatic heterocycles. The highest BCUT2D eigenvalue weighted by atomic mass is 32.2. The van der Waals surface area contributed by atoms with Gasteiger partial charge in [-0.05, 0) is 49.6 Å². The number of piperidine rings is 1. The molecule has 6 nitrogen and oxygen atoms in total. The standard InChI is InChI=1S/C21H32N2O4S/c24-15-19-7-4-10-22(19)14-20-13-21(17-27-20)8-11-23(12-9-21)28(25,26)16-18-5-2-1-3-6-18/h1-3,5-6,19-20,24H,4,7-17H2/t19-,20?/m0/s1. The molecule has 0 saturated carbocycles. The lowest BCUT2D eigenvalue weighted by atomic mass is 9.77. The molecule has 3 saturated heterocycles. The van der Waals surface area contributed by atoms with Gasteiger partial charge in [0.2, 0.25) is 10.0 Å². The van der Waals surface area contributed by atoms with Crippen LogP contribution in [0.1, 0.15) is 37.7 Å². The molecule has 7 heteroatoms. The van der Waals surface area contributed by atoms with Crippen LogP contribution < -0.4 is 0 Å². The number of sulfonamides is 1. The topological polar surface area (TPSA) is 70.1 Å². The molecule has 0 aliphatic carbocycles. The third-order valence-electron chi connectivity index (χ3n) is 6.80. The van der Waals surface area contributed by atoms with Crippen molar-refractivity contribution in [2.75, 3.05) is 39.4 Å². The lowest BCUT2D eigenvalue weighted by Crippen LogP contribution is -2.44. The van der Waals surface area contributed by atoms with E-state index in [1.165, 1.54) is 0 Å². The number of hydrogen-bond donors (Lipinski definition) is 1. The van der Waals surface area contributed by atoms with Gasteiger partial charge in [0, 0.05) is 25.7 Å². The molecule has 3 fully saturated rings. The highest BCUT2D eigenvalue weighted by Gasteiger charge is 2.45. The molecule has 1 spiro atoms. The Hall–Kier alpha value is -0.990. The Labute approximate surface area is 168 Å². The van der Waals surface area contributed by atoms with E-state index in [2.05, 4.69) is 4.90 Å². The minimum atomic E-state index is -3.27. The highest BCUT2D eigenvalue weighted by molar-refractivity contribution is 7.88. The van der Waals surface area contributed by atoms with Crippen LogP contribution in [-0.2, 0) is 20.5 Å². The maximum atomic E-state index is 12.8. The van der Waals surface area contributed by atoms with E-state index in [0.29, 0.717) is 13.1 Å². The Kier molecular flexibility index (Phi) is 6.09. The van der Waals surface area contributed by atoms with Gasteiger partial charge in [-0.1, -0.05) is 30.3 Å². The van der Waals surface area contributed by atoms with E-state index in [-0.39, 0.29) is 29.9 Å². The summed E-state index contributed by atoms with van der Waals surface area (Å²) < 4.78 is 33.4. The van der Waals surface area contributed by atoms with E-state index in [4.69, 9.17) is 4.74 Å². The van der Waals surface area contributed by atoms with Gasteiger partial charge in [0.05, 0.1) is 25.1 Å². The van der Waals surface area contributed by atoms with Gasteiger partial charge in [0.15, 0.2) is 0 Å². The Morgan fingerprint density at radius 2 is 1.89 bits per heavy atom. The number of hydrogen-bond acceptors (Lipinski definition) is 5. The first-order chi connectivity index (χ1) is 13.5. The number of rotatable bonds is 6. The molecule has 1 aromatic carbocycles. The SMILES string of the molecule is O=S(=O)(Cc1ccccc1)N1CCC2(CC1)COC(CN1CCC[C@H]1CO)C2. The average Bonchev–Trinajstić information content (AvgIpc) is 3.30. The summed E-state index contributed by atoms with van der Waals surface area (Å²) in [5.74, 6) is 0.0808. The molecule has 2 atom stereocenters. The monoisotopic (exact) mass is 408 g/mol. The number of aliphatic hydroxyl groups is 1. The van der Waals surface area contributed by atoms with Crippen LogP contribution in [0.25, 0.3) is 0 Å². The minimum Gasteiger partial charge on any atom is -0.395 e. The molecule has 1 aromatic rings. The van der Waals surface area contributed by atoms with Crippen molar-refractivity contribution in [1.29, 1.82) is 0 Å². The van der Waals surface area contributed by atoms with Crippen LogP contribution in [0.5, 0.6) is 0 Å². The molecule has 4 rings (SSSR count). The molecular formula is C21H32N2O4S. The summed E-state index contributed by atoms with van der Waals surface area (Å²) in [6.45, 7) is 4.09. The fraction of sp³-hybridized carbons (Fsp3) is 0.714. The molecule has 1 unspecified atom stereocenters. The van der Waals surface area contributed by atoms with Crippen molar-refractivity contribution in [2.24, 2.45) is 5.41 Å². The van der Waals surface area contributed by atoms with Gasteiger partial charge in [0.25, 0.3) is 0 Å². The summed E-state index contributed by atoms with van der Waals surface area (Å²) in [5, 5.41) is 9.52. The number of benzene rings is 1. The fourth-order valence-corrected chi connectivity index (χ4v) is 6.62. The fourth-order valence-electron chi connectivity index (χ4n) is 5.08. The maximum Gasteiger partial charge on any atom is 0.218 e. The summed E-state index contributed by atoms with van der Waals surface area (Å²) in [6, 6.07) is 9.70. The molecule has 3 aliphatic heterocycles. The van der Waals surface area contributed by atoms with Gasteiger partial charge in [-0.25, -0.2) is 12.7 Å². The van der Waals surface area contributed by atoms with Crippen LogP contribution in [-0.4, -0.2) is 74.3 Å². The van der Waals surface area contributed by atoms with Crippen LogP contribution >= 0.6 is 0 Å². The third kappa shape index (κ3) is 4.44. The van der Waals surface area contributed by atoms with Crippen molar-refractivity contribution in [2.45, 2.75) is 50.0 Å². The van der Waals surface area contributed by atoms with Crippen molar-refractivity contribution in [3.8, 4) is 0 Å². The largest absolute Gasteiger partial charge is 0.395 e. The van der Waals surface area contributed by atoms with E-state index in [9.17, 15) is 13.5 Å². The van der Waals surface area contributed by atoms with Crippen LogP contribution in [0.2, 0.25) is 0 Å². The maximum absolute atomic E-state index is 12.8. The zero-order chi connectivity index (χ0) is 19.6. The van der Waals surface area contributed by atoms with Gasteiger partial charge < -0.3 is 9.84 Å². The van der Waals surface area contributed by atoms with Crippen molar-refractivity contribution >= 4 is 10.0 Å². The number of nitrogens with zero attached hydrogens (tertiary/aromatic N) is 2. The molecule has 3 aliphatic rings. The van der Waals surface area contributed by atoms with Gasteiger partial charge in [0.1, 0.15) is 0 Å². The Bertz CT molecular complexity index is 747. The third-order valence-corrected chi connectivity index (χ3v) is 8.65. The summed E-state index contributed by atoms with van der Waals surface area (Å²) >= 11 is 0. The first kappa shape index (κ1) is 20.3. The second-order valence-electron chi connectivity index (χ2n) is 8.75. The van der Waals surface area contributed by atoms with E-state index >= 15 is 0 Å². The molecule has 0 bridgehead atoms. The molecule has 0 radical (unpaired) electrons. The van der Waals surface area contributed by atoms with E-state index < -0.39 is 10.0 Å². The zero-order valence-electron chi connectivity index (χ0n) is 16.5. The molecule has 0 amide bonds. The normalized spacial score (nSPS) is 28.9. The summed E-state index contributed by atoms with van der Waals surface area (Å²) in [4.78, 5) is 2.36. The van der Waals surface area contributed by atoms with Crippen LogP contribution in [0.3, 0.4) is 0 Å². The van der Waals surface area contributed by atoms with E-state index in [0.717, 1.165) is 57.4 Å². The summed E-state index contributed by atoms with van der Waals surface area (Å²) in [7, 11) is -3.27. The van der Waals surface area contributed by atoms with Gasteiger partial charge in [-0.2, -0.15) is 0 Å². The first-order valence-corrected chi connectivity index (χ1v) is 12.1. The second kappa shape index (κ2) is 8.40. The predicted molar refractivity (Wildman–Crippen MR) is 108 cm³/mol. The Balaban J connectivity index is 1.30. The van der Waals surface area contributed by atoms with E-state index in [1.54, 1.807) is 4.31 Å². The summed E-state index contributed by atoms with van der Waals surface area (Å²) in [6.07, 6.45) is 5.19. The van der Waals surface area contributed by atoms with Gasteiger partial charge in [-0.3, -0.25) is 4.90 Å². The molecule has 28 heavy (non-hydrogen) atoms.